The number of amides is 1. The smallest absolute Gasteiger partial charge is 0.265 e. The molecule has 1 aromatic heterocycles. The molecule has 3 aromatic rings. The first kappa shape index (κ1) is 17.2. The molecular weight excluding hydrogens is 368 g/mol. The number of halogens is 1. The van der Waals surface area contributed by atoms with Crippen LogP contribution in [0.5, 0.6) is 5.75 Å². The maximum atomic E-state index is 13.0. The summed E-state index contributed by atoms with van der Waals surface area (Å²) >= 11 is 7.97. The molecule has 0 N–H and O–H groups in total. The fourth-order valence-electron chi connectivity index (χ4n) is 3.26. The van der Waals surface area contributed by atoms with E-state index >= 15 is 0 Å². The van der Waals surface area contributed by atoms with Crippen LogP contribution < -0.4 is 9.64 Å². The van der Waals surface area contributed by atoms with Gasteiger partial charge in [0.25, 0.3) is 5.91 Å². The van der Waals surface area contributed by atoms with Gasteiger partial charge in [-0.3, -0.25) is 4.79 Å². The molecule has 6 heteroatoms. The SMILES string of the molecule is COc1ccc2sc(C(=O)N3CCN(c4ccccc4)CC3)c(Cl)c2c1. The summed E-state index contributed by atoms with van der Waals surface area (Å²) in [6, 6.07) is 16.0. The van der Waals surface area contributed by atoms with Crippen LogP contribution in [-0.4, -0.2) is 44.1 Å². The molecule has 2 heterocycles. The molecule has 26 heavy (non-hydrogen) atoms. The zero-order chi connectivity index (χ0) is 18.1. The topological polar surface area (TPSA) is 32.8 Å². The summed E-state index contributed by atoms with van der Waals surface area (Å²) in [7, 11) is 1.62. The van der Waals surface area contributed by atoms with Crippen molar-refractivity contribution < 1.29 is 9.53 Å². The van der Waals surface area contributed by atoms with E-state index in [9.17, 15) is 4.79 Å². The van der Waals surface area contributed by atoms with Crippen LogP contribution in [0.2, 0.25) is 5.02 Å². The van der Waals surface area contributed by atoms with Crippen molar-refractivity contribution >= 4 is 44.6 Å². The summed E-state index contributed by atoms with van der Waals surface area (Å²) in [6.45, 7) is 3.04. The lowest BCUT2D eigenvalue weighted by atomic mass is 10.2. The number of hydrogen-bond donors (Lipinski definition) is 0. The molecule has 0 aliphatic carbocycles. The van der Waals surface area contributed by atoms with Gasteiger partial charge in [-0.1, -0.05) is 29.8 Å². The number of anilines is 1. The molecule has 0 atom stereocenters. The van der Waals surface area contributed by atoms with E-state index in [1.165, 1.54) is 17.0 Å². The monoisotopic (exact) mass is 386 g/mol. The molecule has 1 fully saturated rings. The summed E-state index contributed by atoms with van der Waals surface area (Å²) in [5.74, 6) is 0.760. The van der Waals surface area contributed by atoms with Crippen LogP contribution in [0, 0.1) is 0 Å². The van der Waals surface area contributed by atoms with E-state index in [0.717, 1.165) is 28.9 Å². The zero-order valence-corrected chi connectivity index (χ0v) is 16.0. The molecule has 1 aliphatic heterocycles. The number of ether oxygens (including phenoxy) is 1. The number of thiophene rings is 1. The molecule has 4 nitrogen and oxygen atoms in total. The van der Waals surface area contributed by atoms with Gasteiger partial charge in [0.05, 0.1) is 12.1 Å². The minimum atomic E-state index is 0.0166. The number of fused-ring (bicyclic) bond motifs is 1. The molecule has 1 amide bonds. The minimum absolute atomic E-state index is 0.0166. The molecule has 1 saturated heterocycles. The fourth-order valence-corrected chi connectivity index (χ4v) is 4.71. The van der Waals surface area contributed by atoms with Crippen LogP contribution >= 0.6 is 22.9 Å². The van der Waals surface area contributed by atoms with Gasteiger partial charge >= 0.3 is 0 Å². The van der Waals surface area contributed by atoms with Crippen molar-refractivity contribution in [3.05, 3.63) is 58.4 Å². The minimum Gasteiger partial charge on any atom is -0.497 e. The number of nitrogens with zero attached hydrogens (tertiary/aromatic N) is 2. The highest BCUT2D eigenvalue weighted by molar-refractivity contribution is 7.21. The van der Waals surface area contributed by atoms with Crippen molar-refractivity contribution in [3.8, 4) is 5.75 Å². The number of piperazine rings is 1. The summed E-state index contributed by atoms with van der Waals surface area (Å²) in [4.78, 5) is 17.8. The Kier molecular flexibility index (Phi) is 4.74. The van der Waals surface area contributed by atoms with Crippen molar-refractivity contribution in [2.45, 2.75) is 0 Å². The Morgan fingerprint density at radius 3 is 2.50 bits per heavy atom. The van der Waals surface area contributed by atoms with E-state index in [1.54, 1.807) is 7.11 Å². The third-order valence-electron chi connectivity index (χ3n) is 4.72. The number of methoxy groups -OCH3 is 1. The van der Waals surface area contributed by atoms with Crippen LogP contribution in [0.3, 0.4) is 0 Å². The lowest BCUT2D eigenvalue weighted by molar-refractivity contribution is 0.0752. The normalized spacial score (nSPS) is 14.7. The molecule has 0 bridgehead atoms. The van der Waals surface area contributed by atoms with E-state index in [1.807, 2.05) is 41.3 Å². The number of rotatable bonds is 3. The van der Waals surface area contributed by atoms with Gasteiger partial charge in [-0.05, 0) is 30.3 Å². The maximum Gasteiger partial charge on any atom is 0.265 e. The van der Waals surface area contributed by atoms with E-state index in [0.29, 0.717) is 23.0 Å². The second-order valence-corrected chi connectivity index (χ2v) is 7.65. The molecule has 1 aliphatic rings. The van der Waals surface area contributed by atoms with Gasteiger partial charge in [0.2, 0.25) is 0 Å². The standard InChI is InChI=1S/C20H19ClN2O2S/c1-25-15-7-8-17-16(13-15)18(21)19(26-17)20(24)23-11-9-22(10-12-23)14-5-3-2-4-6-14/h2-8,13H,9-12H2,1H3. The maximum absolute atomic E-state index is 13.0. The third kappa shape index (κ3) is 3.13. The van der Waals surface area contributed by atoms with Crippen LogP contribution in [0.25, 0.3) is 10.1 Å². The molecular formula is C20H19ClN2O2S. The highest BCUT2D eigenvalue weighted by Crippen LogP contribution is 2.38. The van der Waals surface area contributed by atoms with Crippen molar-refractivity contribution in [2.75, 3.05) is 38.2 Å². The highest BCUT2D eigenvalue weighted by atomic mass is 35.5. The summed E-state index contributed by atoms with van der Waals surface area (Å²) in [5, 5.41) is 1.40. The molecule has 0 spiro atoms. The van der Waals surface area contributed by atoms with Crippen molar-refractivity contribution in [1.29, 1.82) is 0 Å². The number of hydrogen-bond acceptors (Lipinski definition) is 4. The van der Waals surface area contributed by atoms with Crippen LogP contribution in [0.1, 0.15) is 9.67 Å². The number of para-hydroxylation sites is 1. The van der Waals surface area contributed by atoms with Crippen LogP contribution in [0.15, 0.2) is 48.5 Å². The van der Waals surface area contributed by atoms with Crippen LogP contribution in [-0.2, 0) is 0 Å². The molecule has 134 valence electrons. The van der Waals surface area contributed by atoms with E-state index in [2.05, 4.69) is 17.0 Å². The Balaban J connectivity index is 1.52. The van der Waals surface area contributed by atoms with E-state index in [-0.39, 0.29) is 5.91 Å². The Bertz CT molecular complexity index is 934. The second-order valence-electron chi connectivity index (χ2n) is 6.22. The molecule has 2 aromatic carbocycles. The number of carbonyl (C=O) groups excluding carboxylic acids is 1. The van der Waals surface area contributed by atoms with Crippen molar-refractivity contribution in [2.24, 2.45) is 0 Å². The molecule has 0 saturated carbocycles. The Hall–Kier alpha value is -2.24. The summed E-state index contributed by atoms with van der Waals surface area (Å²) in [5.41, 5.74) is 1.20. The molecule has 4 rings (SSSR count). The van der Waals surface area contributed by atoms with Crippen molar-refractivity contribution in [3.63, 3.8) is 0 Å². The fraction of sp³-hybridized carbons (Fsp3) is 0.250. The lowest BCUT2D eigenvalue weighted by Crippen LogP contribution is -2.48. The first-order valence-electron chi connectivity index (χ1n) is 8.52. The van der Waals surface area contributed by atoms with E-state index < -0.39 is 0 Å². The lowest BCUT2D eigenvalue weighted by Gasteiger charge is -2.36. The Labute approximate surface area is 161 Å². The predicted octanol–water partition coefficient (Wildman–Crippen LogP) is 4.53. The van der Waals surface area contributed by atoms with Gasteiger partial charge in [-0.25, -0.2) is 0 Å². The third-order valence-corrected chi connectivity index (χ3v) is 6.38. The van der Waals surface area contributed by atoms with Gasteiger partial charge < -0.3 is 14.5 Å². The van der Waals surface area contributed by atoms with Crippen molar-refractivity contribution in [1.82, 2.24) is 4.90 Å². The highest BCUT2D eigenvalue weighted by Gasteiger charge is 2.26. The first-order chi connectivity index (χ1) is 12.7. The Morgan fingerprint density at radius 1 is 1.08 bits per heavy atom. The largest absolute Gasteiger partial charge is 0.497 e. The average Bonchev–Trinajstić information content (AvgIpc) is 3.04. The average molecular weight is 387 g/mol. The summed E-state index contributed by atoms with van der Waals surface area (Å²) in [6.07, 6.45) is 0. The molecule has 0 unspecified atom stereocenters. The van der Waals surface area contributed by atoms with E-state index in [4.69, 9.17) is 16.3 Å². The van der Waals surface area contributed by atoms with Gasteiger partial charge in [-0.15, -0.1) is 11.3 Å². The number of benzene rings is 2. The van der Waals surface area contributed by atoms with Crippen LogP contribution in [0.4, 0.5) is 5.69 Å². The van der Waals surface area contributed by atoms with Gasteiger partial charge in [0.1, 0.15) is 10.6 Å². The quantitative estimate of drug-likeness (QED) is 0.663. The predicted molar refractivity (Wildman–Crippen MR) is 108 cm³/mol. The number of carbonyl (C=O) groups is 1. The first-order valence-corrected chi connectivity index (χ1v) is 9.72. The zero-order valence-electron chi connectivity index (χ0n) is 14.4. The van der Waals surface area contributed by atoms with Gasteiger partial charge in [-0.2, -0.15) is 0 Å². The van der Waals surface area contributed by atoms with Gasteiger partial charge in [0.15, 0.2) is 0 Å². The molecule has 0 radical (unpaired) electrons. The summed E-state index contributed by atoms with van der Waals surface area (Å²) < 4.78 is 6.26. The second kappa shape index (κ2) is 7.17. The van der Waals surface area contributed by atoms with Gasteiger partial charge in [0, 0.05) is 42.0 Å². The Morgan fingerprint density at radius 2 is 1.81 bits per heavy atom.